The highest BCUT2D eigenvalue weighted by Crippen LogP contribution is 2.21. The molecule has 0 spiro atoms. The van der Waals surface area contributed by atoms with Crippen LogP contribution in [0.2, 0.25) is 0 Å². The molecule has 1 aromatic carbocycles. The maximum atomic E-state index is 12.1. The van der Waals surface area contributed by atoms with Crippen molar-refractivity contribution in [2.24, 2.45) is 5.92 Å². The highest BCUT2D eigenvalue weighted by molar-refractivity contribution is 7.71. The van der Waals surface area contributed by atoms with Gasteiger partial charge in [-0.25, -0.2) is 0 Å². The highest BCUT2D eigenvalue weighted by atomic mass is 32.1. The number of nitrogens with one attached hydrogen (secondary N) is 2. The number of nitrogens with zero attached hydrogens (tertiary/aromatic N) is 2. The molecule has 0 fully saturated rings. The molecule has 0 unspecified atom stereocenters. The van der Waals surface area contributed by atoms with Gasteiger partial charge < -0.3 is 10.1 Å². The number of H-pyrrole nitrogens is 1. The van der Waals surface area contributed by atoms with Crippen LogP contribution in [0.25, 0.3) is 11.4 Å². The van der Waals surface area contributed by atoms with E-state index in [4.69, 9.17) is 17.0 Å². The molecule has 0 saturated heterocycles. The number of ether oxygens (including phenoxy) is 1. The minimum Gasteiger partial charge on any atom is -0.494 e. The topological polar surface area (TPSA) is 71.9 Å². The first kappa shape index (κ1) is 20.2. The van der Waals surface area contributed by atoms with Crippen molar-refractivity contribution < 1.29 is 9.53 Å². The summed E-state index contributed by atoms with van der Waals surface area (Å²) in [6.07, 6.45) is 2.50. The van der Waals surface area contributed by atoms with Gasteiger partial charge >= 0.3 is 0 Å². The van der Waals surface area contributed by atoms with Gasteiger partial charge in [0, 0.05) is 25.1 Å². The SMILES string of the molecule is CCOc1ccc(-c2n[nH]c(=S)n2CCC(=O)NCCCC(C)C)cc1. The number of hydrogen-bond donors (Lipinski definition) is 2. The first-order valence-corrected chi connectivity index (χ1v) is 9.57. The molecule has 0 aliphatic heterocycles. The first-order valence-electron chi connectivity index (χ1n) is 9.16. The lowest BCUT2D eigenvalue weighted by Crippen LogP contribution is -2.25. The fourth-order valence-corrected chi connectivity index (χ4v) is 2.88. The van der Waals surface area contributed by atoms with E-state index in [2.05, 4.69) is 29.4 Å². The smallest absolute Gasteiger partial charge is 0.221 e. The predicted octanol–water partition coefficient (Wildman–Crippen LogP) is 3.95. The third-order valence-corrected chi connectivity index (χ3v) is 4.34. The number of carbonyl (C=O) groups is 1. The Hall–Kier alpha value is -2.15. The summed E-state index contributed by atoms with van der Waals surface area (Å²) in [4.78, 5) is 12.1. The number of hydrogen-bond acceptors (Lipinski definition) is 4. The van der Waals surface area contributed by atoms with Gasteiger partial charge in [0.2, 0.25) is 5.91 Å². The van der Waals surface area contributed by atoms with Crippen LogP contribution in [-0.2, 0) is 11.3 Å². The molecule has 1 amide bonds. The van der Waals surface area contributed by atoms with Crippen molar-refractivity contribution in [2.75, 3.05) is 13.2 Å². The second-order valence-corrected chi connectivity index (χ2v) is 6.98. The van der Waals surface area contributed by atoms with E-state index in [1.807, 2.05) is 35.8 Å². The molecule has 1 heterocycles. The molecule has 2 rings (SSSR count). The van der Waals surface area contributed by atoms with Crippen molar-refractivity contribution in [3.8, 4) is 17.1 Å². The van der Waals surface area contributed by atoms with E-state index in [0.29, 0.717) is 30.3 Å². The molecule has 7 heteroatoms. The van der Waals surface area contributed by atoms with Gasteiger partial charge in [0.25, 0.3) is 0 Å². The molecule has 0 aliphatic carbocycles. The van der Waals surface area contributed by atoms with Crippen molar-refractivity contribution in [2.45, 2.75) is 46.6 Å². The predicted molar refractivity (Wildman–Crippen MR) is 106 cm³/mol. The van der Waals surface area contributed by atoms with Crippen molar-refractivity contribution in [3.05, 3.63) is 29.0 Å². The average molecular weight is 377 g/mol. The number of benzene rings is 1. The largest absolute Gasteiger partial charge is 0.494 e. The zero-order valence-electron chi connectivity index (χ0n) is 15.7. The van der Waals surface area contributed by atoms with Crippen molar-refractivity contribution in [1.29, 1.82) is 0 Å². The molecule has 0 saturated carbocycles. The van der Waals surface area contributed by atoms with E-state index in [1.165, 1.54) is 0 Å². The Bertz CT molecular complexity index is 750. The fourth-order valence-electron chi connectivity index (χ4n) is 2.65. The Morgan fingerprint density at radius 2 is 2.08 bits per heavy atom. The van der Waals surface area contributed by atoms with Crippen LogP contribution in [0.1, 0.15) is 40.0 Å². The van der Waals surface area contributed by atoms with E-state index in [0.717, 1.165) is 36.5 Å². The minimum atomic E-state index is 0.0366. The summed E-state index contributed by atoms with van der Waals surface area (Å²) in [5, 5.41) is 10.1. The van der Waals surface area contributed by atoms with Gasteiger partial charge in [-0.1, -0.05) is 13.8 Å². The van der Waals surface area contributed by atoms with E-state index >= 15 is 0 Å². The summed E-state index contributed by atoms with van der Waals surface area (Å²) >= 11 is 5.32. The Morgan fingerprint density at radius 3 is 2.73 bits per heavy atom. The number of rotatable bonds is 10. The zero-order chi connectivity index (χ0) is 18.9. The quantitative estimate of drug-likeness (QED) is 0.486. The molecule has 0 radical (unpaired) electrons. The lowest BCUT2D eigenvalue weighted by molar-refractivity contribution is -0.121. The van der Waals surface area contributed by atoms with E-state index < -0.39 is 0 Å². The standard InChI is InChI=1S/C19H28N4O2S/c1-4-25-16-9-7-15(8-10-16)18-21-22-19(26)23(18)13-11-17(24)20-12-5-6-14(2)3/h7-10,14H,4-6,11-13H2,1-3H3,(H,20,24)(H,22,26). The van der Waals surface area contributed by atoms with Crippen LogP contribution >= 0.6 is 12.2 Å². The lowest BCUT2D eigenvalue weighted by Gasteiger charge is -2.09. The number of aromatic amines is 1. The third-order valence-electron chi connectivity index (χ3n) is 4.02. The molecular formula is C19H28N4O2S. The molecule has 0 bridgehead atoms. The number of aromatic nitrogens is 3. The summed E-state index contributed by atoms with van der Waals surface area (Å²) in [5.74, 6) is 2.24. The highest BCUT2D eigenvalue weighted by Gasteiger charge is 2.11. The summed E-state index contributed by atoms with van der Waals surface area (Å²) in [6.45, 7) is 8.17. The van der Waals surface area contributed by atoms with Gasteiger partial charge in [-0.2, -0.15) is 5.10 Å². The number of amides is 1. The third kappa shape index (κ3) is 5.98. The summed E-state index contributed by atoms with van der Waals surface area (Å²) < 4.78 is 7.84. The molecule has 142 valence electrons. The van der Waals surface area contributed by atoms with E-state index in [1.54, 1.807) is 0 Å². The van der Waals surface area contributed by atoms with Gasteiger partial charge in [0.1, 0.15) is 5.75 Å². The monoisotopic (exact) mass is 376 g/mol. The van der Waals surface area contributed by atoms with Crippen LogP contribution in [0.15, 0.2) is 24.3 Å². The van der Waals surface area contributed by atoms with Crippen molar-refractivity contribution >= 4 is 18.1 Å². The number of carbonyl (C=O) groups excluding carboxylic acids is 1. The fraction of sp³-hybridized carbons (Fsp3) is 0.526. The Morgan fingerprint density at radius 1 is 1.35 bits per heavy atom. The zero-order valence-corrected chi connectivity index (χ0v) is 16.6. The van der Waals surface area contributed by atoms with Gasteiger partial charge in [0.05, 0.1) is 6.61 Å². The Kier molecular flexibility index (Phi) is 7.84. The second-order valence-electron chi connectivity index (χ2n) is 6.60. The Labute approximate surface area is 160 Å². The van der Waals surface area contributed by atoms with E-state index in [-0.39, 0.29) is 5.91 Å². The summed E-state index contributed by atoms with van der Waals surface area (Å²) in [6, 6.07) is 7.70. The molecular weight excluding hydrogens is 348 g/mol. The van der Waals surface area contributed by atoms with Crippen LogP contribution in [0.4, 0.5) is 0 Å². The van der Waals surface area contributed by atoms with Gasteiger partial charge in [0.15, 0.2) is 10.6 Å². The van der Waals surface area contributed by atoms with Crippen LogP contribution in [0.3, 0.4) is 0 Å². The maximum absolute atomic E-state index is 12.1. The molecule has 6 nitrogen and oxygen atoms in total. The second kappa shape index (κ2) is 10.1. The van der Waals surface area contributed by atoms with E-state index in [9.17, 15) is 4.79 Å². The normalized spacial score (nSPS) is 10.9. The molecule has 0 atom stereocenters. The summed E-state index contributed by atoms with van der Waals surface area (Å²) in [7, 11) is 0. The first-order chi connectivity index (χ1) is 12.5. The molecule has 26 heavy (non-hydrogen) atoms. The maximum Gasteiger partial charge on any atom is 0.221 e. The molecule has 0 aliphatic rings. The molecule has 1 aromatic heterocycles. The van der Waals surface area contributed by atoms with Gasteiger partial charge in [-0.05, 0) is 62.2 Å². The lowest BCUT2D eigenvalue weighted by atomic mass is 10.1. The average Bonchev–Trinajstić information content (AvgIpc) is 2.98. The minimum absolute atomic E-state index is 0.0366. The molecule has 2 aromatic rings. The van der Waals surface area contributed by atoms with Crippen molar-refractivity contribution in [3.63, 3.8) is 0 Å². The summed E-state index contributed by atoms with van der Waals surface area (Å²) in [5.41, 5.74) is 0.929. The van der Waals surface area contributed by atoms with Gasteiger partial charge in [-0.3, -0.25) is 14.5 Å². The van der Waals surface area contributed by atoms with Crippen molar-refractivity contribution in [1.82, 2.24) is 20.1 Å². The van der Waals surface area contributed by atoms with Crippen LogP contribution < -0.4 is 10.1 Å². The van der Waals surface area contributed by atoms with Crippen LogP contribution in [0.5, 0.6) is 5.75 Å². The van der Waals surface area contributed by atoms with Gasteiger partial charge in [-0.15, -0.1) is 0 Å². The van der Waals surface area contributed by atoms with Crippen LogP contribution in [-0.4, -0.2) is 33.8 Å². The van der Waals surface area contributed by atoms with Crippen LogP contribution in [0, 0.1) is 10.7 Å². The molecule has 2 N–H and O–H groups in total. The Balaban J connectivity index is 1.95.